The van der Waals surface area contributed by atoms with Gasteiger partial charge in [-0.15, -0.1) is 0 Å². The van der Waals surface area contributed by atoms with E-state index in [0.717, 1.165) is 11.4 Å². The van der Waals surface area contributed by atoms with E-state index >= 15 is 0 Å². The molecule has 0 radical (unpaired) electrons. The molecule has 2 aromatic rings. The van der Waals surface area contributed by atoms with Gasteiger partial charge >= 0.3 is 0 Å². The second kappa shape index (κ2) is 6.10. The van der Waals surface area contributed by atoms with Crippen molar-refractivity contribution in [3.63, 3.8) is 0 Å². The summed E-state index contributed by atoms with van der Waals surface area (Å²) in [5.74, 6) is -0.469. The molecule has 1 aliphatic carbocycles. The van der Waals surface area contributed by atoms with Crippen molar-refractivity contribution in [2.75, 3.05) is 10.6 Å². The first-order chi connectivity index (χ1) is 10.7. The summed E-state index contributed by atoms with van der Waals surface area (Å²) in [6, 6.07) is 18.6. The van der Waals surface area contributed by atoms with Gasteiger partial charge in [0.05, 0.1) is 0 Å². The normalized spacial score (nSPS) is 14.2. The van der Waals surface area contributed by atoms with E-state index in [2.05, 4.69) is 10.6 Å². The Bertz CT molecular complexity index is 697. The Balaban J connectivity index is 1.96. The van der Waals surface area contributed by atoms with Crippen LogP contribution in [0.5, 0.6) is 0 Å². The van der Waals surface area contributed by atoms with E-state index < -0.39 is 0 Å². The summed E-state index contributed by atoms with van der Waals surface area (Å²) in [5.41, 5.74) is 2.01. The Labute approximate surface area is 128 Å². The van der Waals surface area contributed by atoms with Gasteiger partial charge in [0.1, 0.15) is 11.4 Å². The molecule has 0 spiro atoms. The van der Waals surface area contributed by atoms with E-state index in [1.807, 2.05) is 60.7 Å². The van der Waals surface area contributed by atoms with E-state index in [-0.39, 0.29) is 23.0 Å². The molecule has 0 aliphatic heterocycles. The molecule has 0 aromatic heterocycles. The smallest absolute Gasteiger partial charge is 0.204 e. The third-order valence-corrected chi connectivity index (χ3v) is 3.22. The molecule has 0 fully saturated rings. The van der Waals surface area contributed by atoms with Gasteiger partial charge in [-0.25, -0.2) is 0 Å². The Morgan fingerprint density at radius 2 is 0.909 bits per heavy atom. The average Bonchev–Trinajstić information content (AvgIpc) is 2.56. The first kappa shape index (κ1) is 13.8. The van der Waals surface area contributed by atoms with Crippen LogP contribution < -0.4 is 10.6 Å². The van der Waals surface area contributed by atoms with Gasteiger partial charge in [0.15, 0.2) is 0 Å². The van der Waals surface area contributed by atoms with Crippen molar-refractivity contribution in [2.24, 2.45) is 0 Å². The zero-order valence-corrected chi connectivity index (χ0v) is 11.7. The number of nitrogens with one attached hydrogen (secondary N) is 2. The van der Waals surface area contributed by atoms with Gasteiger partial charge in [-0.05, 0) is 36.4 Å². The minimum absolute atomic E-state index is 0.234. The maximum Gasteiger partial charge on any atom is 0.204 e. The standard InChI is InChI=1S/C18H14N2O2/c21-15-11-12-16(22)18(20-14-9-5-2-6-10-14)17(15)19-13-7-3-1-4-8-13/h1-12,19-20H. The summed E-state index contributed by atoms with van der Waals surface area (Å²) < 4.78 is 0. The van der Waals surface area contributed by atoms with Gasteiger partial charge in [0, 0.05) is 11.4 Å². The Hall–Kier alpha value is -3.14. The number of ketones is 2. The summed E-state index contributed by atoms with van der Waals surface area (Å²) in [6.45, 7) is 0. The molecule has 0 atom stereocenters. The lowest BCUT2D eigenvalue weighted by Gasteiger charge is -2.18. The number of benzene rings is 2. The van der Waals surface area contributed by atoms with E-state index in [1.165, 1.54) is 12.2 Å². The highest BCUT2D eigenvalue weighted by molar-refractivity contribution is 6.22. The predicted molar refractivity (Wildman–Crippen MR) is 86.3 cm³/mol. The van der Waals surface area contributed by atoms with Crippen molar-refractivity contribution in [1.29, 1.82) is 0 Å². The summed E-state index contributed by atoms with van der Waals surface area (Å²) >= 11 is 0. The summed E-state index contributed by atoms with van der Waals surface area (Å²) in [6.07, 6.45) is 2.56. The fraction of sp³-hybridized carbons (Fsp3) is 0. The molecule has 0 heterocycles. The minimum atomic E-state index is -0.234. The summed E-state index contributed by atoms with van der Waals surface area (Å²) in [4.78, 5) is 24.3. The largest absolute Gasteiger partial charge is 0.351 e. The van der Waals surface area contributed by atoms with Crippen molar-refractivity contribution in [3.8, 4) is 0 Å². The molecule has 4 nitrogen and oxygen atoms in total. The van der Waals surface area contributed by atoms with Gasteiger partial charge in [0.25, 0.3) is 0 Å². The molecule has 108 valence electrons. The van der Waals surface area contributed by atoms with E-state index in [1.54, 1.807) is 0 Å². The predicted octanol–water partition coefficient (Wildman–Crippen LogP) is 3.13. The minimum Gasteiger partial charge on any atom is -0.351 e. The summed E-state index contributed by atoms with van der Waals surface area (Å²) in [7, 11) is 0. The van der Waals surface area contributed by atoms with Gasteiger partial charge in [-0.2, -0.15) is 0 Å². The fourth-order valence-electron chi connectivity index (χ4n) is 2.14. The van der Waals surface area contributed by atoms with Gasteiger partial charge in [-0.1, -0.05) is 36.4 Å². The van der Waals surface area contributed by atoms with Crippen LogP contribution >= 0.6 is 0 Å². The van der Waals surface area contributed by atoms with Crippen LogP contribution in [-0.4, -0.2) is 11.6 Å². The third kappa shape index (κ3) is 2.96. The average molecular weight is 290 g/mol. The van der Waals surface area contributed by atoms with Crippen LogP contribution in [0.15, 0.2) is 84.2 Å². The molecular formula is C18H14N2O2. The van der Waals surface area contributed by atoms with E-state index in [0.29, 0.717) is 0 Å². The number of hydrogen-bond acceptors (Lipinski definition) is 4. The monoisotopic (exact) mass is 290 g/mol. The van der Waals surface area contributed by atoms with Crippen LogP contribution in [0.25, 0.3) is 0 Å². The molecule has 0 saturated heterocycles. The second-order valence-corrected chi connectivity index (χ2v) is 4.79. The highest BCUT2D eigenvalue weighted by atomic mass is 16.1. The number of carbonyl (C=O) groups excluding carboxylic acids is 2. The lowest BCUT2D eigenvalue weighted by molar-refractivity contribution is -0.115. The third-order valence-electron chi connectivity index (χ3n) is 3.22. The van der Waals surface area contributed by atoms with E-state index in [9.17, 15) is 9.59 Å². The van der Waals surface area contributed by atoms with Crippen LogP contribution in [0, 0.1) is 0 Å². The highest BCUT2D eigenvalue weighted by Gasteiger charge is 2.23. The fourth-order valence-corrected chi connectivity index (χ4v) is 2.14. The van der Waals surface area contributed by atoms with Crippen molar-refractivity contribution in [2.45, 2.75) is 0 Å². The maximum absolute atomic E-state index is 12.1. The molecular weight excluding hydrogens is 276 g/mol. The Morgan fingerprint density at radius 1 is 0.545 bits per heavy atom. The number of hydrogen-bond donors (Lipinski definition) is 2. The molecule has 0 bridgehead atoms. The van der Waals surface area contributed by atoms with E-state index in [4.69, 9.17) is 0 Å². The summed E-state index contributed by atoms with van der Waals surface area (Å²) in [5, 5.41) is 6.05. The van der Waals surface area contributed by atoms with Gasteiger partial charge in [-0.3, -0.25) is 9.59 Å². The van der Waals surface area contributed by atoms with Crippen molar-refractivity contribution in [1.82, 2.24) is 0 Å². The van der Waals surface area contributed by atoms with Gasteiger partial charge < -0.3 is 10.6 Å². The topological polar surface area (TPSA) is 58.2 Å². The Morgan fingerprint density at radius 3 is 1.27 bits per heavy atom. The SMILES string of the molecule is O=C1C=CC(=O)C(Nc2ccccc2)=C1Nc1ccccc1. The molecule has 0 saturated carbocycles. The lowest BCUT2D eigenvalue weighted by Crippen LogP contribution is -2.24. The maximum atomic E-state index is 12.1. The zero-order valence-electron chi connectivity index (χ0n) is 11.7. The first-order valence-corrected chi connectivity index (χ1v) is 6.89. The molecule has 22 heavy (non-hydrogen) atoms. The second-order valence-electron chi connectivity index (χ2n) is 4.79. The number of rotatable bonds is 4. The van der Waals surface area contributed by atoms with Crippen molar-refractivity contribution < 1.29 is 9.59 Å². The van der Waals surface area contributed by atoms with Crippen molar-refractivity contribution in [3.05, 3.63) is 84.2 Å². The molecule has 0 amide bonds. The van der Waals surface area contributed by atoms with Crippen LogP contribution in [0.2, 0.25) is 0 Å². The van der Waals surface area contributed by atoms with Crippen LogP contribution in [-0.2, 0) is 9.59 Å². The number of anilines is 2. The van der Waals surface area contributed by atoms with Crippen LogP contribution in [0.3, 0.4) is 0 Å². The molecule has 3 rings (SSSR count). The van der Waals surface area contributed by atoms with Crippen molar-refractivity contribution >= 4 is 22.9 Å². The number of carbonyl (C=O) groups is 2. The van der Waals surface area contributed by atoms with Crippen LogP contribution in [0.1, 0.15) is 0 Å². The Kier molecular flexibility index (Phi) is 3.83. The molecule has 4 heteroatoms. The molecule has 2 aromatic carbocycles. The van der Waals surface area contributed by atoms with Gasteiger partial charge in [0.2, 0.25) is 11.6 Å². The molecule has 0 unspecified atom stereocenters. The zero-order chi connectivity index (χ0) is 15.4. The number of allylic oxidation sites excluding steroid dienone is 2. The molecule has 1 aliphatic rings. The number of para-hydroxylation sites is 2. The van der Waals surface area contributed by atoms with Crippen LogP contribution in [0.4, 0.5) is 11.4 Å². The quantitative estimate of drug-likeness (QED) is 0.849. The first-order valence-electron chi connectivity index (χ1n) is 6.89. The lowest BCUT2D eigenvalue weighted by atomic mass is 10.0. The highest BCUT2D eigenvalue weighted by Crippen LogP contribution is 2.20. The molecule has 2 N–H and O–H groups in total.